The third-order valence-corrected chi connectivity index (χ3v) is 2.56. The fourth-order valence-corrected chi connectivity index (χ4v) is 1.66. The van der Waals surface area contributed by atoms with Gasteiger partial charge < -0.3 is 10.6 Å². The molecule has 6 nitrogen and oxygen atoms in total. The van der Waals surface area contributed by atoms with Gasteiger partial charge in [-0.25, -0.2) is 4.98 Å². The first kappa shape index (κ1) is 13.2. The van der Waals surface area contributed by atoms with Crippen molar-refractivity contribution in [2.75, 3.05) is 11.9 Å². The minimum absolute atomic E-state index is 0.148. The van der Waals surface area contributed by atoms with Crippen molar-refractivity contribution in [2.24, 2.45) is 0 Å². The quantitative estimate of drug-likeness (QED) is 0.759. The highest BCUT2D eigenvalue weighted by molar-refractivity contribution is 6.01. The maximum atomic E-state index is 11.9. The number of aromatic amines is 1. The van der Waals surface area contributed by atoms with E-state index in [1.807, 2.05) is 24.3 Å². The summed E-state index contributed by atoms with van der Waals surface area (Å²) < 4.78 is 0. The maximum Gasteiger partial charge on any atom is 0.295 e. The molecule has 3 N–H and O–H groups in total. The van der Waals surface area contributed by atoms with Crippen molar-refractivity contribution in [3.8, 4) is 0 Å². The summed E-state index contributed by atoms with van der Waals surface area (Å²) in [5.74, 6) is 0.450. The summed E-state index contributed by atoms with van der Waals surface area (Å²) in [6, 6.07) is 7.69. The Kier molecular flexibility index (Phi) is 4.25. The molecule has 0 fully saturated rings. The molecule has 2 aromatic rings. The van der Waals surface area contributed by atoms with Crippen LogP contribution in [0.3, 0.4) is 0 Å². The summed E-state index contributed by atoms with van der Waals surface area (Å²) in [5.41, 5.74) is 1.86. The van der Waals surface area contributed by atoms with Crippen LogP contribution in [0.4, 0.5) is 5.69 Å². The molecule has 100 valence electrons. The first-order valence-electron chi connectivity index (χ1n) is 6.19. The van der Waals surface area contributed by atoms with Crippen molar-refractivity contribution in [3.05, 3.63) is 41.5 Å². The van der Waals surface area contributed by atoms with Crippen LogP contribution < -0.4 is 10.6 Å². The van der Waals surface area contributed by atoms with Gasteiger partial charge in [-0.2, -0.15) is 0 Å². The SMILES string of the molecule is CCNCc1cccc(NC(=O)c2n[nH]c(C)n2)c1. The van der Waals surface area contributed by atoms with Gasteiger partial charge in [0.2, 0.25) is 5.82 Å². The molecule has 0 aliphatic rings. The zero-order valence-electron chi connectivity index (χ0n) is 11.0. The van der Waals surface area contributed by atoms with Gasteiger partial charge in [0.1, 0.15) is 5.82 Å². The van der Waals surface area contributed by atoms with E-state index in [4.69, 9.17) is 0 Å². The van der Waals surface area contributed by atoms with Gasteiger partial charge in [-0.05, 0) is 31.2 Å². The monoisotopic (exact) mass is 259 g/mol. The molecule has 0 atom stereocenters. The summed E-state index contributed by atoms with van der Waals surface area (Å²) >= 11 is 0. The molecular formula is C13H17N5O. The summed E-state index contributed by atoms with van der Waals surface area (Å²) in [5, 5.41) is 12.5. The van der Waals surface area contributed by atoms with Crippen LogP contribution in [0.15, 0.2) is 24.3 Å². The molecule has 1 heterocycles. The summed E-state index contributed by atoms with van der Waals surface area (Å²) in [7, 11) is 0. The Hall–Kier alpha value is -2.21. The highest BCUT2D eigenvalue weighted by atomic mass is 16.2. The van der Waals surface area contributed by atoms with E-state index in [0.29, 0.717) is 5.82 Å². The molecule has 0 saturated heterocycles. The number of hydrogen-bond acceptors (Lipinski definition) is 4. The Labute approximate surface area is 111 Å². The molecule has 1 aromatic carbocycles. The number of aryl methyl sites for hydroxylation is 1. The van der Waals surface area contributed by atoms with Gasteiger partial charge in [-0.1, -0.05) is 19.1 Å². The molecule has 0 saturated carbocycles. The van der Waals surface area contributed by atoms with Gasteiger partial charge in [0.25, 0.3) is 5.91 Å². The van der Waals surface area contributed by atoms with Gasteiger partial charge >= 0.3 is 0 Å². The molecule has 0 aliphatic carbocycles. The molecule has 0 unspecified atom stereocenters. The second-order valence-electron chi connectivity index (χ2n) is 4.18. The van der Waals surface area contributed by atoms with Gasteiger partial charge in [-0.15, -0.1) is 5.10 Å². The fraction of sp³-hybridized carbons (Fsp3) is 0.308. The highest BCUT2D eigenvalue weighted by Gasteiger charge is 2.11. The van der Waals surface area contributed by atoms with Crippen molar-refractivity contribution in [2.45, 2.75) is 20.4 Å². The number of nitrogens with zero attached hydrogens (tertiary/aromatic N) is 2. The second-order valence-corrected chi connectivity index (χ2v) is 4.18. The number of aromatic nitrogens is 3. The topological polar surface area (TPSA) is 82.7 Å². The number of benzene rings is 1. The molecule has 2 rings (SSSR count). The zero-order chi connectivity index (χ0) is 13.7. The summed E-state index contributed by atoms with van der Waals surface area (Å²) in [4.78, 5) is 15.9. The van der Waals surface area contributed by atoms with Gasteiger partial charge in [0, 0.05) is 12.2 Å². The summed E-state index contributed by atoms with van der Waals surface area (Å²) in [6.45, 7) is 5.49. The number of carbonyl (C=O) groups is 1. The van der Waals surface area contributed by atoms with Crippen LogP contribution in [0.2, 0.25) is 0 Å². The Morgan fingerprint density at radius 2 is 2.26 bits per heavy atom. The number of anilines is 1. The lowest BCUT2D eigenvalue weighted by Gasteiger charge is -2.06. The van der Waals surface area contributed by atoms with Crippen LogP contribution in [0.5, 0.6) is 0 Å². The van der Waals surface area contributed by atoms with E-state index in [-0.39, 0.29) is 11.7 Å². The maximum absolute atomic E-state index is 11.9. The zero-order valence-corrected chi connectivity index (χ0v) is 11.0. The molecule has 0 bridgehead atoms. The average Bonchev–Trinajstić information content (AvgIpc) is 2.83. The van der Waals surface area contributed by atoms with Gasteiger partial charge in [-0.3, -0.25) is 9.89 Å². The number of nitrogens with one attached hydrogen (secondary N) is 3. The Balaban J connectivity index is 2.04. The van der Waals surface area contributed by atoms with Crippen LogP contribution in [0, 0.1) is 6.92 Å². The van der Waals surface area contributed by atoms with Crippen molar-refractivity contribution in [1.82, 2.24) is 20.5 Å². The van der Waals surface area contributed by atoms with Gasteiger partial charge in [0.05, 0.1) is 0 Å². The van der Waals surface area contributed by atoms with E-state index in [1.54, 1.807) is 6.92 Å². The molecule has 0 spiro atoms. The van der Waals surface area contributed by atoms with Crippen molar-refractivity contribution < 1.29 is 4.79 Å². The summed E-state index contributed by atoms with van der Waals surface area (Å²) in [6.07, 6.45) is 0. The molecule has 1 amide bonds. The molecule has 0 aliphatic heterocycles. The third-order valence-electron chi connectivity index (χ3n) is 2.56. The Bertz CT molecular complexity index is 564. The minimum Gasteiger partial charge on any atom is -0.319 e. The normalized spacial score (nSPS) is 10.4. The molecule has 19 heavy (non-hydrogen) atoms. The number of rotatable bonds is 5. The van der Waals surface area contributed by atoms with Crippen LogP contribution in [0.1, 0.15) is 28.9 Å². The smallest absolute Gasteiger partial charge is 0.295 e. The van der Waals surface area contributed by atoms with E-state index in [1.165, 1.54) is 0 Å². The second kappa shape index (κ2) is 6.10. The van der Waals surface area contributed by atoms with Crippen LogP contribution in [-0.2, 0) is 6.54 Å². The minimum atomic E-state index is -0.315. The number of amides is 1. The predicted molar refractivity (Wildman–Crippen MR) is 72.9 cm³/mol. The predicted octanol–water partition coefficient (Wildman–Crippen LogP) is 1.47. The number of hydrogen-bond donors (Lipinski definition) is 3. The first-order chi connectivity index (χ1) is 9.19. The number of carbonyl (C=O) groups excluding carboxylic acids is 1. The first-order valence-corrected chi connectivity index (χ1v) is 6.19. The lowest BCUT2D eigenvalue weighted by Crippen LogP contribution is -2.15. The van der Waals surface area contributed by atoms with E-state index < -0.39 is 0 Å². The van der Waals surface area contributed by atoms with E-state index in [2.05, 4.69) is 32.7 Å². The molecule has 1 aromatic heterocycles. The Morgan fingerprint density at radius 1 is 1.42 bits per heavy atom. The van der Waals surface area contributed by atoms with E-state index >= 15 is 0 Å². The molecule has 6 heteroatoms. The lowest BCUT2D eigenvalue weighted by molar-refractivity contribution is 0.101. The molecule has 0 radical (unpaired) electrons. The molecular weight excluding hydrogens is 242 g/mol. The standard InChI is InChI=1S/C13H17N5O/c1-3-14-8-10-5-4-6-11(7-10)16-13(19)12-15-9(2)17-18-12/h4-7,14H,3,8H2,1-2H3,(H,16,19)(H,15,17,18). The third kappa shape index (κ3) is 3.62. The average molecular weight is 259 g/mol. The van der Waals surface area contributed by atoms with E-state index in [9.17, 15) is 4.79 Å². The number of H-pyrrole nitrogens is 1. The van der Waals surface area contributed by atoms with Gasteiger partial charge in [0.15, 0.2) is 0 Å². The largest absolute Gasteiger partial charge is 0.319 e. The van der Waals surface area contributed by atoms with Crippen molar-refractivity contribution in [1.29, 1.82) is 0 Å². The van der Waals surface area contributed by atoms with Crippen LogP contribution in [0.25, 0.3) is 0 Å². The van der Waals surface area contributed by atoms with E-state index in [0.717, 1.165) is 24.3 Å². The highest BCUT2D eigenvalue weighted by Crippen LogP contribution is 2.11. The van der Waals surface area contributed by atoms with Crippen molar-refractivity contribution in [3.63, 3.8) is 0 Å². The fourth-order valence-electron chi connectivity index (χ4n) is 1.66. The van der Waals surface area contributed by atoms with Crippen molar-refractivity contribution >= 4 is 11.6 Å². The van der Waals surface area contributed by atoms with Crippen LogP contribution >= 0.6 is 0 Å². The van der Waals surface area contributed by atoms with Crippen LogP contribution in [-0.4, -0.2) is 27.6 Å². The lowest BCUT2D eigenvalue weighted by atomic mass is 10.2. The Morgan fingerprint density at radius 3 is 2.95 bits per heavy atom.